The van der Waals surface area contributed by atoms with Gasteiger partial charge in [0.05, 0.1) is 0 Å². The van der Waals surface area contributed by atoms with Crippen LogP contribution in [0.15, 0.2) is 0 Å². The van der Waals surface area contributed by atoms with Crippen LogP contribution in [-0.4, -0.2) is 54.6 Å². The molecule has 0 aromatic carbocycles. The molecule has 4 heteroatoms. The molecule has 0 aromatic heterocycles. The van der Waals surface area contributed by atoms with E-state index >= 15 is 0 Å². The molecule has 0 radical (unpaired) electrons. The second kappa shape index (κ2) is 4.84. The van der Waals surface area contributed by atoms with Crippen LogP contribution in [0, 0.1) is 0 Å². The van der Waals surface area contributed by atoms with Crippen LogP contribution in [0.2, 0.25) is 0 Å². The van der Waals surface area contributed by atoms with E-state index in [9.17, 15) is 4.79 Å². The summed E-state index contributed by atoms with van der Waals surface area (Å²) in [5, 5.41) is 3.32. The number of urea groups is 1. The Morgan fingerprint density at radius 2 is 2.20 bits per heavy atom. The fourth-order valence-corrected chi connectivity index (χ4v) is 2.55. The van der Waals surface area contributed by atoms with Crippen LogP contribution in [0.1, 0.15) is 26.2 Å². The number of likely N-dealkylation sites (tertiary alicyclic amines) is 1. The molecule has 2 heterocycles. The molecule has 2 aliphatic heterocycles. The highest BCUT2D eigenvalue weighted by Crippen LogP contribution is 2.15. The van der Waals surface area contributed by atoms with Crippen molar-refractivity contribution < 1.29 is 4.79 Å². The topological polar surface area (TPSA) is 35.6 Å². The van der Waals surface area contributed by atoms with Gasteiger partial charge in [-0.15, -0.1) is 0 Å². The van der Waals surface area contributed by atoms with Gasteiger partial charge in [0, 0.05) is 32.2 Å². The molecule has 0 saturated carbocycles. The van der Waals surface area contributed by atoms with Gasteiger partial charge in [-0.1, -0.05) is 0 Å². The van der Waals surface area contributed by atoms with Gasteiger partial charge in [-0.3, -0.25) is 0 Å². The number of carbonyl (C=O) groups is 1. The second-order valence-corrected chi connectivity index (χ2v) is 4.41. The summed E-state index contributed by atoms with van der Waals surface area (Å²) in [4.78, 5) is 16.2. The van der Waals surface area contributed by atoms with Crippen LogP contribution in [0.25, 0.3) is 0 Å². The Morgan fingerprint density at radius 3 is 2.73 bits per heavy atom. The second-order valence-electron chi connectivity index (χ2n) is 4.41. The highest BCUT2D eigenvalue weighted by molar-refractivity contribution is 5.75. The molecule has 0 bridgehead atoms. The first-order valence-corrected chi connectivity index (χ1v) is 6.09. The third kappa shape index (κ3) is 2.25. The minimum absolute atomic E-state index is 0.253. The number of nitrogens with zero attached hydrogens (tertiary/aromatic N) is 2. The Balaban J connectivity index is 1.95. The molecular weight excluding hydrogens is 190 g/mol. The lowest BCUT2D eigenvalue weighted by Gasteiger charge is -2.31. The van der Waals surface area contributed by atoms with Crippen LogP contribution in [0.5, 0.6) is 0 Å². The van der Waals surface area contributed by atoms with E-state index in [1.165, 1.54) is 12.8 Å². The lowest BCUT2D eigenvalue weighted by molar-refractivity contribution is 0.148. The van der Waals surface area contributed by atoms with Gasteiger partial charge in [-0.25, -0.2) is 4.79 Å². The lowest BCUT2D eigenvalue weighted by Crippen LogP contribution is -2.47. The summed E-state index contributed by atoms with van der Waals surface area (Å²) in [6.45, 7) is 6.83. The van der Waals surface area contributed by atoms with Crippen molar-refractivity contribution in [3.05, 3.63) is 0 Å². The van der Waals surface area contributed by atoms with E-state index in [1.807, 2.05) is 9.80 Å². The van der Waals surface area contributed by atoms with Gasteiger partial charge >= 0.3 is 6.03 Å². The molecule has 2 fully saturated rings. The van der Waals surface area contributed by atoms with Crippen LogP contribution >= 0.6 is 0 Å². The molecule has 1 N–H and O–H groups in total. The maximum absolute atomic E-state index is 12.2. The van der Waals surface area contributed by atoms with Gasteiger partial charge in [-0.2, -0.15) is 0 Å². The van der Waals surface area contributed by atoms with E-state index in [4.69, 9.17) is 0 Å². The average Bonchev–Trinajstić information content (AvgIpc) is 2.91. The van der Waals surface area contributed by atoms with Gasteiger partial charge in [0.25, 0.3) is 0 Å². The summed E-state index contributed by atoms with van der Waals surface area (Å²) >= 11 is 0. The van der Waals surface area contributed by atoms with E-state index in [0.717, 1.165) is 39.1 Å². The summed E-state index contributed by atoms with van der Waals surface area (Å²) < 4.78 is 0. The SMILES string of the molecule is CCN(C(=O)N1CCCC1)C1CCNC1. The predicted molar refractivity (Wildman–Crippen MR) is 59.9 cm³/mol. The van der Waals surface area contributed by atoms with Crippen molar-refractivity contribution in [2.45, 2.75) is 32.2 Å². The predicted octanol–water partition coefficient (Wildman–Crippen LogP) is 0.886. The van der Waals surface area contributed by atoms with Crippen LogP contribution in [0.4, 0.5) is 4.79 Å². The normalized spacial score (nSPS) is 25.9. The van der Waals surface area contributed by atoms with Crippen molar-refractivity contribution in [3.63, 3.8) is 0 Å². The summed E-state index contributed by atoms with van der Waals surface area (Å²) in [7, 11) is 0. The van der Waals surface area contributed by atoms with Crippen molar-refractivity contribution in [3.8, 4) is 0 Å². The first-order valence-electron chi connectivity index (χ1n) is 6.09. The summed E-state index contributed by atoms with van der Waals surface area (Å²) in [6, 6.07) is 0.673. The monoisotopic (exact) mass is 211 g/mol. The van der Waals surface area contributed by atoms with Crippen molar-refractivity contribution in [2.24, 2.45) is 0 Å². The number of hydrogen-bond acceptors (Lipinski definition) is 2. The van der Waals surface area contributed by atoms with Crippen molar-refractivity contribution in [2.75, 3.05) is 32.7 Å². The fourth-order valence-electron chi connectivity index (χ4n) is 2.55. The maximum Gasteiger partial charge on any atom is 0.320 e. The molecule has 0 aliphatic carbocycles. The molecule has 0 aromatic rings. The zero-order valence-electron chi connectivity index (χ0n) is 9.54. The molecule has 2 amide bonds. The summed E-state index contributed by atoms with van der Waals surface area (Å²) in [5.74, 6) is 0. The largest absolute Gasteiger partial charge is 0.325 e. The maximum atomic E-state index is 12.2. The number of carbonyl (C=O) groups excluding carboxylic acids is 1. The molecule has 15 heavy (non-hydrogen) atoms. The van der Waals surface area contributed by atoms with Gasteiger partial charge in [0.15, 0.2) is 0 Å². The van der Waals surface area contributed by atoms with Crippen molar-refractivity contribution >= 4 is 6.03 Å². The Hall–Kier alpha value is -0.770. The van der Waals surface area contributed by atoms with Crippen LogP contribution in [0.3, 0.4) is 0 Å². The van der Waals surface area contributed by atoms with E-state index in [1.54, 1.807) is 0 Å². The van der Waals surface area contributed by atoms with E-state index in [2.05, 4.69) is 12.2 Å². The number of rotatable bonds is 2. The Labute approximate surface area is 91.6 Å². The Kier molecular flexibility index (Phi) is 3.46. The van der Waals surface area contributed by atoms with Crippen molar-refractivity contribution in [1.29, 1.82) is 0 Å². The van der Waals surface area contributed by atoms with E-state index in [0.29, 0.717) is 6.04 Å². The number of nitrogens with one attached hydrogen (secondary N) is 1. The van der Waals surface area contributed by atoms with Crippen LogP contribution in [-0.2, 0) is 0 Å². The molecule has 1 unspecified atom stereocenters. The standard InChI is InChI=1S/C11H21N3O/c1-2-14(10-5-6-12-9-10)11(15)13-7-3-4-8-13/h10,12H,2-9H2,1H3. The van der Waals surface area contributed by atoms with E-state index < -0.39 is 0 Å². The molecule has 86 valence electrons. The third-order valence-corrected chi connectivity index (χ3v) is 3.44. The molecule has 0 spiro atoms. The smallest absolute Gasteiger partial charge is 0.320 e. The summed E-state index contributed by atoms with van der Waals surface area (Å²) in [6.07, 6.45) is 3.45. The fraction of sp³-hybridized carbons (Fsp3) is 0.909. The minimum atomic E-state index is 0.253. The third-order valence-electron chi connectivity index (χ3n) is 3.44. The average molecular weight is 211 g/mol. The first kappa shape index (κ1) is 10.7. The van der Waals surface area contributed by atoms with Gasteiger partial charge < -0.3 is 15.1 Å². The quantitative estimate of drug-likeness (QED) is 0.736. The first-order chi connectivity index (χ1) is 7.33. The molecule has 2 rings (SSSR count). The minimum Gasteiger partial charge on any atom is -0.325 e. The highest BCUT2D eigenvalue weighted by atomic mass is 16.2. The number of likely N-dealkylation sites (N-methyl/N-ethyl adjacent to an activating group) is 1. The molecular formula is C11H21N3O. The number of hydrogen-bond donors (Lipinski definition) is 1. The lowest BCUT2D eigenvalue weighted by atomic mass is 10.2. The Bertz CT molecular complexity index is 220. The van der Waals surface area contributed by atoms with Gasteiger partial charge in [-0.05, 0) is 32.7 Å². The van der Waals surface area contributed by atoms with E-state index in [-0.39, 0.29) is 6.03 Å². The molecule has 2 aliphatic rings. The summed E-state index contributed by atoms with van der Waals surface area (Å²) in [5.41, 5.74) is 0. The van der Waals surface area contributed by atoms with Crippen molar-refractivity contribution in [1.82, 2.24) is 15.1 Å². The molecule has 1 atom stereocenters. The van der Waals surface area contributed by atoms with Gasteiger partial charge in [0.1, 0.15) is 0 Å². The Morgan fingerprint density at radius 1 is 1.47 bits per heavy atom. The van der Waals surface area contributed by atoms with Crippen LogP contribution < -0.4 is 5.32 Å². The molecule has 4 nitrogen and oxygen atoms in total. The number of amides is 2. The zero-order valence-corrected chi connectivity index (χ0v) is 9.54. The van der Waals surface area contributed by atoms with Gasteiger partial charge in [0.2, 0.25) is 0 Å². The highest BCUT2D eigenvalue weighted by Gasteiger charge is 2.29. The molecule has 2 saturated heterocycles. The zero-order chi connectivity index (χ0) is 10.7.